The summed E-state index contributed by atoms with van der Waals surface area (Å²) in [6, 6.07) is 106. The molecule has 12 aromatic carbocycles. The van der Waals surface area contributed by atoms with E-state index in [1.54, 1.807) is 0 Å². The van der Waals surface area contributed by atoms with E-state index >= 15 is 0 Å². The minimum atomic E-state index is -0.506. The highest BCUT2D eigenvalue weighted by Gasteiger charge is 2.46. The molecule has 2 nitrogen and oxygen atoms in total. The molecule has 0 N–H and O–H groups in total. The summed E-state index contributed by atoms with van der Waals surface area (Å²) >= 11 is 0. The smallest absolute Gasteiger partial charge is 0.0714 e. The van der Waals surface area contributed by atoms with Gasteiger partial charge < -0.3 is 9.80 Å². The summed E-state index contributed by atoms with van der Waals surface area (Å²) in [6.07, 6.45) is 0. The van der Waals surface area contributed by atoms with E-state index in [0.717, 1.165) is 34.1 Å². The number of hydrogen-bond donors (Lipinski definition) is 0. The van der Waals surface area contributed by atoms with Gasteiger partial charge >= 0.3 is 0 Å². The topological polar surface area (TPSA) is 6.48 Å². The minimum absolute atomic E-state index is 0.506. The van der Waals surface area contributed by atoms with Crippen LogP contribution in [0.3, 0.4) is 0 Å². The summed E-state index contributed by atoms with van der Waals surface area (Å²) in [7, 11) is 0. The zero-order chi connectivity index (χ0) is 47.1. The molecular weight excluding hydrogens is 857 g/mol. The van der Waals surface area contributed by atoms with Crippen LogP contribution in [0.25, 0.3) is 54.9 Å². The number of hydrogen-bond acceptors (Lipinski definition) is 2. The second-order valence-electron chi connectivity index (χ2n) is 18.4. The standard InChI is InChI=1S/C69H48N2/c1-6-22-49(23-7-1)67-61-33-16-18-35-63(61)68(64-36-19-17-34-62(64)67)50-38-40-55(41-39-50)70(53-28-12-4-13-29-53)56-42-44-57(45-43-56)71(54-30-14-5-15-31-54)58-46-47-60-59-32-20-21-37-65(59)69(66(60)48-58,51-24-8-2-9-25-51)52-26-10-3-11-27-52/h1-48H. The Morgan fingerprint density at radius 2 is 0.549 bits per heavy atom. The zero-order valence-electron chi connectivity index (χ0n) is 39.1. The van der Waals surface area contributed by atoms with Gasteiger partial charge in [0.25, 0.3) is 0 Å². The number of rotatable bonds is 10. The van der Waals surface area contributed by atoms with Crippen molar-refractivity contribution in [3.63, 3.8) is 0 Å². The molecule has 0 spiro atoms. The number of nitrogens with zero attached hydrogens (tertiary/aromatic N) is 2. The fourth-order valence-corrected chi connectivity index (χ4v) is 11.5. The monoisotopic (exact) mass is 904 g/mol. The molecule has 0 amide bonds. The van der Waals surface area contributed by atoms with Crippen LogP contribution in [0.5, 0.6) is 0 Å². The number of anilines is 6. The Morgan fingerprint density at radius 1 is 0.225 bits per heavy atom. The molecule has 0 atom stereocenters. The van der Waals surface area contributed by atoms with Crippen molar-refractivity contribution >= 4 is 55.7 Å². The van der Waals surface area contributed by atoms with Crippen LogP contribution < -0.4 is 9.80 Å². The van der Waals surface area contributed by atoms with Crippen LogP contribution in [-0.4, -0.2) is 0 Å². The first-order valence-corrected chi connectivity index (χ1v) is 24.5. The van der Waals surface area contributed by atoms with E-state index in [0.29, 0.717) is 0 Å². The second-order valence-corrected chi connectivity index (χ2v) is 18.4. The Morgan fingerprint density at radius 3 is 1.03 bits per heavy atom. The van der Waals surface area contributed by atoms with E-state index in [1.807, 2.05) is 0 Å². The van der Waals surface area contributed by atoms with Crippen molar-refractivity contribution in [2.24, 2.45) is 0 Å². The first kappa shape index (κ1) is 41.9. The second kappa shape index (κ2) is 17.7. The molecule has 1 aliphatic carbocycles. The van der Waals surface area contributed by atoms with Crippen molar-refractivity contribution in [2.45, 2.75) is 5.41 Å². The summed E-state index contributed by atoms with van der Waals surface area (Å²) in [5.74, 6) is 0. The molecular formula is C69H48N2. The minimum Gasteiger partial charge on any atom is -0.311 e. The summed E-state index contributed by atoms with van der Waals surface area (Å²) in [4.78, 5) is 4.75. The quantitative estimate of drug-likeness (QED) is 0.126. The molecule has 0 radical (unpaired) electrons. The lowest BCUT2D eigenvalue weighted by Gasteiger charge is -2.35. The molecule has 71 heavy (non-hydrogen) atoms. The van der Waals surface area contributed by atoms with E-state index in [-0.39, 0.29) is 0 Å². The van der Waals surface area contributed by atoms with Crippen molar-refractivity contribution in [1.29, 1.82) is 0 Å². The number of benzene rings is 12. The van der Waals surface area contributed by atoms with Crippen molar-refractivity contribution < 1.29 is 0 Å². The molecule has 0 bridgehead atoms. The molecule has 13 rings (SSSR count). The van der Waals surface area contributed by atoms with Gasteiger partial charge in [-0.05, 0) is 150 Å². The van der Waals surface area contributed by atoms with Crippen molar-refractivity contribution in [1.82, 2.24) is 0 Å². The van der Waals surface area contributed by atoms with Crippen LogP contribution in [0.15, 0.2) is 291 Å². The van der Waals surface area contributed by atoms with Gasteiger partial charge in [0.2, 0.25) is 0 Å². The average molecular weight is 905 g/mol. The lowest BCUT2D eigenvalue weighted by molar-refractivity contribution is 0.768. The lowest BCUT2D eigenvalue weighted by atomic mass is 9.67. The normalized spacial score (nSPS) is 12.3. The summed E-state index contributed by atoms with van der Waals surface area (Å²) in [6.45, 7) is 0. The van der Waals surface area contributed by atoms with Crippen molar-refractivity contribution in [3.05, 3.63) is 313 Å². The van der Waals surface area contributed by atoms with Gasteiger partial charge in [-0.2, -0.15) is 0 Å². The Hall–Kier alpha value is -9.24. The van der Waals surface area contributed by atoms with Gasteiger partial charge in [-0.25, -0.2) is 0 Å². The van der Waals surface area contributed by atoms with Crippen LogP contribution in [0.2, 0.25) is 0 Å². The first-order chi connectivity index (χ1) is 35.3. The van der Waals surface area contributed by atoms with Gasteiger partial charge in [0.1, 0.15) is 0 Å². The average Bonchev–Trinajstić information content (AvgIpc) is 3.75. The van der Waals surface area contributed by atoms with Crippen molar-refractivity contribution in [2.75, 3.05) is 9.80 Å². The fourth-order valence-electron chi connectivity index (χ4n) is 11.5. The summed E-state index contributed by atoms with van der Waals surface area (Å²) in [5, 5.41) is 5.00. The van der Waals surface area contributed by atoms with Crippen molar-refractivity contribution in [3.8, 4) is 33.4 Å². The van der Waals surface area contributed by atoms with E-state index in [9.17, 15) is 0 Å². The molecule has 334 valence electrons. The van der Waals surface area contributed by atoms with E-state index in [2.05, 4.69) is 301 Å². The molecule has 0 saturated carbocycles. The molecule has 2 heteroatoms. The van der Waals surface area contributed by atoms with Crippen LogP contribution >= 0.6 is 0 Å². The highest BCUT2D eigenvalue weighted by atomic mass is 15.2. The summed E-state index contributed by atoms with van der Waals surface area (Å²) in [5.41, 5.74) is 18.5. The van der Waals surface area contributed by atoms with E-state index in [4.69, 9.17) is 0 Å². The first-order valence-electron chi connectivity index (χ1n) is 24.5. The molecule has 0 aliphatic heterocycles. The molecule has 1 aliphatic rings. The maximum atomic E-state index is 2.44. The molecule has 12 aromatic rings. The molecule has 0 saturated heterocycles. The van der Waals surface area contributed by atoms with E-state index in [1.165, 1.54) is 77.2 Å². The fraction of sp³-hybridized carbons (Fsp3) is 0.0145. The Labute approximate surface area is 415 Å². The molecule has 0 unspecified atom stereocenters. The largest absolute Gasteiger partial charge is 0.311 e. The van der Waals surface area contributed by atoms with Gasteiger partial charge in [0.05, 0.1) is 5.41 Å². The van der Waals surface area contributed by atoms with Gasteiger partial charge in [-0.1, -0.05) is 218 Å². The maximum Gasteiger partial charge on any atom is 0.0714 e. The van der Waals surface area contributed by atoms with Crippen LogP contribution in [-0.2, 0) is 5.41 Å². The third-order valence-electron chi connectivity index (χ3n) is 14.5. The highest BCUT2D eigenvalue weighted by Crippen LogP contribution is 2.57. The Bertz CT molecular complexity index is 3740. The lowest BCUT2D eigenvalue weighted by Crippen LogP contribution is -2.28. The predicted molar refractivity (Wildman–Crippen MR) is 299 cm³/mol. The van der Waals surface area contributed by atoms with Gasteiger partial charge in [0, 0.05) is 34.1 Å². The Balaban J connectivity index is 0.920. The predicted octanol–water partition coefficient (Wildman–Crippen LogP) is 18.6. The number of para-hydroxylation sites is 2. The third kappa shape index (κ3) is 7.03. The Kier molecular flexibility index (Phi) is 10.4. The molecule has 0 aromatic heterocycles. The molecule has 0 fully saturated rings. The van der Waals surface area contributed by atoms with Gasteiger partial charge in [-0.15, -0.1) is 0 Å². The van der Waals surface area contributed by atoms with Crippen LogP contribution in [0.4, 0.5) is 34.1 Å². The van der Waals surface area contributed by atoms with Crippen LogP contribution in [0, 0.1) is 0 Å². The summed E-state index contributed by atoms with van der Waals surface area (Å²) < 4.78 is 0. The highest BCUT2D eigenvalue weighted by molar-refractivity contribution is 6.21. The van der Waals surface area contributed by atoms with E-state index < -0.39 is 5.41 Å². The number of fused-ring (bicyclic) bond motifs is 5. The maximum absolute atomic E-state index is 2.44. The molecule has 0 heterocycles. The van der Waals surface area contributed by atoms with Gasteiger partial charge in [-0.3, -0.25) is 0 Å². The SMILES string of the molecule is c1ccc(-c2c3ccccc3c(-c3ccc(N(c4ccccc4)c4ccc(N(c5ccccc5)c5ccc6c(c5)C(c5ccccc5)(c5ccccc5)c5ccccc5-6)cc4)cc3)c3ccccc23)cc1. The third-order valence-corrected chi connectivity index (χ3v) is 14.5. The van der Waals surface area contributed by atoms with Crippen LogP contribution in [0.1, 0.15) is 22.3 Å². The van der Waals surface area contributed by atoms with Gasteiger partial charge in [0.15, 0.2) is 0 Å². The zero-order valence-corrected chi connectivity index (χ0v) is 39.1.